The van der Waals surface area contributed by atoms with Crippen molar-refractivity contribution in [3.8, 4) is 0 Å². The highest BCUT2D eigenvalue weighted by Crippen LogP contribution is 1.95. The molecular formula is C9H15N3O. The number of aryl methyl sites for hydroxylation is 1. The molecule has 72 valence electrons. The first-order valence-corrected chi connectivity index (χ1v) is 4.42. The first-order chi connectivity index (χ1) is 6.15. The molecule has 0 aliphatic heterocycles. The fourth-order valence-corrected chi connectivity index (χ4v) is 1.03. The standard InChI is InChI=1S/C9H15N3O/c1-4-10-5-8-11-7(3)6(2)9(13)12-8/h10H,4-5H2,1-3H3,(H,11,12,13). The van der Waals surface area contributed by atoms with Crippen LogP contribution < -0.4 is 10.9 Å². The lowest BCUT2D eigenvalue weighted by atomic mass is 10.3. The number of aromatic amines is 1. The predicted molar refractivity (Wildman–Crippen MR) is 51.7 cm³/mol. The summed E-state index contributed by atoms with van der Waals surface area (Å²) in [5.74, 6) is 0.704. The molecule has 1 aromatic heterocycles. The van der Waals surface area contributed by atoms with Gasteiger partial charge in [0.1, 0.15) is 5.82 Å². The molecule has 1 aromatic rings. The van der Waals surface area contributed by atoms with Gasteiger partial charge in [0.25, 0.3) is 5.56 Å². The highest BCUT2D eigenvalue weighted by atomic mass is 16.1. The lowest BCUT2D eigenvalue weighted by molar-refractivity contribution is 0.682. The minimum atomic E-state index is -0.0413. The summed E-state index contributed by atoms with van der Waals surface area (Å²) in [6.07, 6.45) is 0. The van der Waals surface area contributed by atoms with Crippen LogP contribution in [0.5, 0.6) is 0 Å². The van der Waals surface area contributed by atoms with Crippen LogP contribution in [0.2, 0.25) is 0 Å². The van der Waals surface area contributed by atoms with Crippen molar-refractivity contribution in [1.29, 1.82) is 0 Å². The third-order valence-electron chi connectivity index (χ3n) is 1.99. The molecule has 4 heteroatoms. The number of nitrogens with zero attached hydrogens (tertiary/aromatic N) is 1. The van der Waals surface area contributed by atoms with E-state index in [0.717, 1.165) is 12.2 Å². The molecule has 0 aromatic carbocycles. The van der Waals surface area contributed by atoms with Crippen LogP contribution in [0.25, 0.3) is 0 Å². The number of hydrogen-bond acceptors (Lipinski definition) is 3. The maximum Gasteiger partial charge on any atom is 0.254 e. The highest BCUT2D eigenvalue weighted by Gasteiger charge is 2.01. The first kappa shape index (κ1) is 9.92. The molecule has 0 fully saturated rings. The second kappa shape index (κ2) is 4.18. The number of rotatable bonds is 3. The summed E-state index contributed by atoms with van der Waals surface area (Å²) < 4.78 is 0. The Labute approximate surface area is 77.4 Å². The van der Waals surface area contributed by atoms with Crippen LogP contribution in [0.3, 0.4) is 0 Å². The largest absolute Gasteiger partial charge is 0.310 e. The Bertz CT molecular complexity index is 343. The second-order valence-corrected chi connectivity index (χ2v) is 3.00. The van der Waals surface area contributed by atoms with Crippen LogP contribution >= 0.6 is 0 Å². The first-order valence-electron chi connectivity index (χ1n) is 4.42. The van der Waals surface area contributed by atoms with Gasteiger partial charge in [-0.3, -0.25) is 4.79 Å². The molecule has 0 unspecified atom stereocenters. The van der Waals surface area contributed by atoms with Gasteiger partial charge in [-0.15, -0.1) is 0 Å². The molecule has 2 N–H and O–H groups in total. The highest BCUT2D eigenvalue weighted by molar-refractivity contribution is 5.13. The average Bonchev–Trinajstić information content (AvgIpc) is 2.10. The summed E-state index contributed by atoms with van der Waals surface area (Å²) >= 11 is 0. The van der Waals surface area contributed by atoms with E-state index in [1.54, 1.807) is 6.92 Å². The third-order valence-corrected chi connectivity index (χ3v) is 1.99. The van der Waals surface area contributed by atoms with E-state index in [1.165, 1.54) is 0 Å². The summed E-state index contributed by atoms with van der Waals surface area (Å²) in [6, 6.07) is 0. The van der Waals surface area contributed by atoms with Crippen molar-refractivity contribution in [3.63, 3.8) is 0 Å². The zero-order valence-corrected chi connectivity index (χ0v) is 8.27. The molecule has 0 spiro atoms. The zero-order chi connectivity index (χ0) is 9.84. The molecule has 13 heavy (non-hydrogen) atoms. The molecule has 0 atom stereocenters. The van der Waals surface area contributed by atoms with Crippen LogP contribution in [0.4, 0.5) is 0 Å². The summed E-state index contributed by atoms with van der Waals surface area (Å²) in [4.78, 5) is 18.3. The lowest BCUT2D eigenvalue weighted by Crippen LogP contribution is -2.21. The van der Waals surface area contributed by atoms with Gasteiger partial charge in [-0.05, 0) is 20.4 Å². The van der Waals surface area contributed by atoms with Gasteiger partial charge in [0, 0.05) is 11.3 Å². The van der Waals surface area contributed by atoms with E-state index in [-0.39, 0.29) is 5.56 Å². The SMILES string of the molecule is CCNCc1nc(C)c(C)c(=O)[nH]1. The van der Waals surface area contributed by atoms with Crippen molar-refractivity contribution in [2.45, 2.75) is 27.3 Å². The van der Waals surface area contributed by atoms with E-state index in [9.17, 15) is 4.79 Å². The Balaban J connectivity index is 2.93. The Kier molecular flexibility index (Phi) is 3.19. The molecule has 0 aliphatic rings. The van der Waals surface area contributed by atoms with E-state index in [4.69, 9.17) is 0 Å². The Morgan fingerprint density at radius 3 is 2.69 bits per heavy atom. The minimum absolute atomic E-state index is 0.0413. The van der Waals surface area contributed by atoms with E-state index in [1.807, 2.05) is 13.8 Å². The van der Waals surface area contributed by atoms with Crippen LogP contribution in [0, 0.1) is 13.8 Å². The second-order valence-electron chi connectivity index (χ2n) is 3.00. The van der Waals surface area contributed by atoms with Crippen molar-refractivity contribution in [1.82, 2.24) is 15.3 Å². The molecule has 1 rings (SSSR count). The lowest BCUT2D eigenvalue weighted by Gasteiger charge is -2.03. The van der Waals surface area contributed by atoms with Crippen molar-refractivity contribution in [2.24, 2.45) is 0 Å². The van der Waals surface area contributed by atoms with E-state index in [0.29, 0.717) is 17.9 Å². The van der Waals surface area contributed by atoms with Gasteiger partial charge < -0.3 is 10.3 Å². The van der Waals surface area contributed by atoms with Gasteiger partial charge >= 0.3 is 0 Å². The number of aromatic nitrogens is 2. The molecule has 0 aliphatic carbocycles. The smallest absolute Gasteiger partial charge is 0.254 e. The number of hydrogen-bond donors (Lipinski definition) is 2. The molecule has 0 radical (unpaired) electrons. The van der Waals surface area contributed by atoms with Crippen molar-refractivity contribution < 1.29 is 0 Å². The fourth-order valence-electron chi connectivity index (χ4n) is 1.03. The van der Waals surface area contributed by atoms with E-state index >= 15 is 0 Å². The molecular weight excluding hydrogens is 166 g/mol. The third kappa shape index (κ3) is 2.39. The van der Waals surface area contributed by atoms with Crippen LogP contribution in [0.15, 0.2) is 4.79 Å². The molecule has 0 saturated carbocycles. The van der Waals surface area contributed by atoms with E-state index < -0.39 is 0 Å². The molecule has 1 heterocycles. The van der Waals surface area contributed by atoms with Crippen LogP contribution in [0.1, 0.15) is 24.0 Å². The zero-order valence-electron chi connectivity index (χ0n) is 8.27. The van der Waals surface area contributed by atoms with Gasteiger partial charge in [-0.2, -0.15) is 0 Å². The summed E-state index contributed by atoms with van der Waals surface area (Å²) in [6.45, 7) is 7.13. The maximum atomic E-state index is 11.3. The maximum absolute atomic E-state index is 11.3. The quantitative estimate of drug-likeness (QED) is 0.713. The molecule has 0 amide bonds. The normalized spacial score (nSPS) is 10.4. The summed E-state index contributed by atoms with van der Waals surface area (Å²) in [5, 5.41) is 3.11. The molecule has 0 bridgehead atoms. The van der Waals surface area contributed by atoms with Gasteiger partial charge in [0.15, 0.2) is 0 Å². The average molecular weight is 181 g/mol. The molecule has 0 saturated heterocycles. The minimum Gasteiger partial charge on any atom is -0.310 e. The van der Waals surface area contributed by atoms with Gasteiger partial charge in [0.2, 0.25) is 0 Å². The van der Waals surface area contributed by atoms with Gasteiger partial charge in [0.05, 0.1) is 6.54 Å². The van der Waals surface area contributed by atoms with E-state index in [2.05, 4.69) is 15.3 Å². The monoisotopic (exact) mass is 181 g/mol. The Morgan fingerprint density at radius 1 is 1.46 bits per heavy atom. The van der Waals surface area contributed by atoms with Crippen LogP contribution in [-0.2, 0) is 6.54 Å². The number of H-pyrrole nitrogens is 1. The predicted octanol–water partition coefficient (Wildman–Crippen LogP) is 0.496. The van der Waals surface area contributed by atoms with Crippen molar-refractivity contribution in [3.05, 3.63) is 27.4 Å². The van der Waals surface area contributed by atoms with Gasteiger partial charge in [-0.1, -0.05) is 6.92 Å². The number of nitrogens with one attached hydrogen (secondary N) is 2. The molecule has 4 nitrogen and oxygen atoms in total. The van der Waals surface area contributed by atoms with Crippen molar-refractivity contribution >= 4 is 0 Å². The Hall–Kier alpha value is -1.16. The van der Waals surface area contributed by atoms with Crippen LogP contribution in [-0.4, -0.2) is 16.5 Å². The van der Waals surface area contributed by atoms with Crippen molar-refractivity contribution in [2.75, 3.05) is 6.54 Å². The Morgan fingerprint density at radius 2 is 2.15 bits per heavy atom. The fraction of sp³-hybridized carbons (Fsp3) is 0.556. The topological polar surface area (TPSA) is 57.8 Å². The van der Waals surface area contributed by atoms with Gasteiger partial charge in [-0.25, -0.2) is 4.98 Å². The summed E-state index contributed by atoms with van der Waals surface area (Å²) in [7, 11) is 0. The summed E-state index contributed by atoms with van der Waals surface area (Å²) in [5.41, 5.74) is 1.46.